The van der Waals surface area contributed by atoms with Gasteiger partial charge in [-0.15, -0.1) is 0 Å². The third-order valence-electron chi connectivity index (χ3n) is 4.27. The highest BCUT2D eigenvalue weighted by Crippen LogP contribution is 2.37. The fraction of sp³-hybridized carbons (Fsp3) is 0.923. The van der Waals surface area contributed by atoms with E-state index >= 15 is 0 Å². The van der Waals surface area contributed by atoms with Crippen molar-refractivity contribution in [2.45, 2.75) is 52.0 Å². The molecule has 3 nitrogen and oxygen atoms in total. The lowest BCUT2D eigenvalue weighted by molar-refractivity contribution is 0.101. The van der Waals surface area contributed by atoms with Gasteiger partial charge in [-0.3, -0.25) is 0 Å². The van der Waals surface area contributed by atoms with E-state index in [1.165, 1.54) is 32.1 Å². The molecule has 16 heavy (non-hydrogen) atoms. The molecule has 2 fully saturated rings. The van der Waals surface area contributed by atoms with Gasteiger partial charge in [-0.25, -0.2) is 4.79 Å². The molecule has 0 radical (unpaired) electrons. The topological polar surface area (TPSA) is 23.6 Å². The average Bonchev–Trinajstić information content (AvgIpc) is 2.78. The first-order valence-electron chi connectivity index (χ1n) is 6.83. The first-order chi connectivity index (χ1) is 7.77. The van der Waals surface area contributed by atoms with Gasteiger partial charge >= 0.3 is 6.03 Å². The number of hydrogen-bond acceptors (Lipinski definition) is 1. The van der Waals surface area contributed by atoms with Gasteiger partial charge in [-0.05, 0) is 45.4 Å². The van der Waals surface area contributed by atoms with E-state index in [0.717, 1.165) is 25.6 Å². The molecular formula is C13H24N2O. The van der Waals surface area contributed by atoms with Gasteiger partial charge in [-0.1, -0.05) is 6.42 Å². The Labute approximate surface area is 98.8 Å². The predicted molar refractivity (Wildman–Crippen MR) is 65.4 cm³/mol. The van der Waals surface area contributed by atoms with Crippen LogP contribution in [0.4, 0.5) is 4.79 Å². The van der Waals surface area contributed by atoms with Gasteiger partial charge in [0.2, 0.25) is 0 Å². The van der Waals surface area contributed by atoms with Crippen LogP contribution in [-0.4, -0.2) is 41.5 Å². The number of nitrogens with zero attached hydrogens (tertiary/aromatic N) is 2. The quantitative estimate of drug-likeness (QED) is 0.707. The number of fused-ring (bicyclic) bond motifs is 1. The second kappa shape index (κ2) is 5.07. The minimum Gasteiger partial charge on any atom is -0.325 e. The van der Waals surface area contributed by atoms with Gasteiger partial charge in [0.05, 0.1) is 0 Å². The highest BCUT2D eigenvalue weighted by atomic mass is 16.2. The predicted octanol–water partition coefficient (Wildman–Crippen LogP) is 2.71. The molecule has 0 aromatic rings. The highest BCUT2D eigenvalue weighted by molar-refractivity contribution is 5.75. The zero-order valence-corrected chi connectivity index (χ0v) is 10.6. The molecule has 2 rings (SSSR count). The SMILES string of the molecule is CCN(CC)C(=O)N1CCCC2CCCC21. The molecule has 1 aliphatic heterocycles. The lowest BCUT2D eigenvalue weighted by atomic mass is 9.92. The molecule has 0 aromatic heterocycles. The molecule has 3 heteroatoms. The summed E-state index contributed by atoms with van der Waals surface area (Å²) < 4.78 is 0. The number of amides is 2. The van der Waals surface area contributed by atoms with Crippen molar-refractivity contribution in [2.24, 2.45) is 5.92 Å². The molecule has 1 aliphatic carbocycles. The highest BCUT2D eigenvalue weighted by Gasteiger charge is 2.38. The van der Waals surface area contributed by atoms with E-state index in [-0.39, 0.29) is 6.03 Å². The molecule has 1 saturated carbocycles. The summed E-state index contributed by atoms with van der Waals surface area (Å²) in [5.41, 5.74) is 0. The Balaban J connectivity index is 2.04. The summed E-state index contributed by atoms with van der Waals surface area (Å²) >= 11 is 0. The summed E-state index contributed by atoms with van der Waals surface area (Å²) in [6.07, 6.45) is 6.43. The summed E-state index contributed by atoms with van der Waals surface area (Å²) in [5.74, 6) is 0.799. The summed E-state index contributed by atoms with van der Waals surface area (Å²) in [6, 6.07) is 0.837. The van der Waals surface area contributed by atoms with Gasteiger partial charge in [0.15, 0.2) is 0 Å². The maximum absolute atomic E-state index is 12.4. The van der Waals surface area contributed by atoms with Crippen molar-refractivity contribution in [3.63, 3.8) is 0 Å². The first kappa shape index (κ1) is 11.7. The third-order valence-corrected chi connectivity index (χ3v) is 4.27. The van der Waals surface area contributed by atoms with Crippen molar-refractivity contribution in [3.8, 4) is 0 Å². The molecule has 2 aliphatic rings. The van der Waals surface area contributed by atoms with Crippen molar-refractivity contribution in [1.29, 1.82) is 0 Å². The number of rotatable bonds is 2. The van der Waals surface area contributed by atoms with Gasteiger partial charge < -0.3 is 9.80 Å². The van der Waals surface area contributed by atoms with Crippen molar-refractivity contribution in [1.82, 2.24) is 9.80 Å². The van der Waals surface area contributed by atoms with E-state index in [4.69, 9.17) is 0 Å². The Morgan fingerprint density at radius 1 is 1.19 bits per heavy atom. The number of urea groups is 1. The van der Waals surface area contributed by atoms with Crippen LogP contribution in [0.15, 0.2) is 0 Å². The van der Waals surface area contributed by atoms with Crippen LogP contribution >= 0.6 is 0 Å². The van der Waals surface area contributed by atoms with E-state index in [0.29, 0.717) is 6.04 Å². The molecule has 92 valence electrons. The summed E-state index contributed by atoms with van der Waals surface area (Å²) in [6.45, 7) is 6.79. The van der Waals surface area contributed by atoms with Crippen molar-refractivity contribution in [2.75, 3.05) is 19.6 Å². The molecule has 1 saturated heterocycles. The lowest BCUT2D eigenvalue weighted by Crippen LogP contribution is -2.51. The van der Waals surface area contributed by atoms with Crippen LogP contribution in [0, 0.1) is 5.92 Å². The zero-order chi connectivity index (χ0) is 11.5. The van der Waals surface area contributed by atoms with Crippen LogP contribution in [0.2, 0.25) is 0 Å². The minimum atomic E-state index is 0.279. The zero-order valence-electron chi connectivity index (χ0n) is 10.6. The monoisotopic (exact) mass is 224 g/mol. The number of carbonyl (C=O) groups excluding carboxylic acids is 1. The van der Waals surface area contributed by atoms with E-state index in [2.05, 4.69) is 18.7 Å². The fourth-order valence-electron chi connectivity index (χ4n) is 3.37. The smallest absolute Gasteiger partial charge is 0.320 e. The minimum absolute atomic E-state index is 0.279. The van der Waals surface area contributed by atoms with Crippen LogP contribution < -0.4 is 0 Å². The van der Waals surface area contributed by atoms with Gasteiger partial charge in [-0.2, -0.15) is 0 Å². The maximum Gasteiger partial charge on any atom is 0.320 e. The van der Waals surface area contributed by atoms with E-state index in [1.54, 1.807) is 0 Å². The van der Waals surface area contributed by atoms with Crippen LogP contribution in [0.3, 0.4) is 0 Å². The third kappa shape index (κ3) is 2.04. The summed E-state index contributed by atoms with van der Waals surface area (Å²) in [7, 11) is 0. The Bertz CT molecular complexity index is 250. The van der Waals surface area contributed by atoms with E-state index in [1.807, 2.05) is 4.90 Å². The van der Waals surface area contributed by atoms with Gasteiger partial charge in [0, 0.05) is 25.7 Å². The lowest BCUT2D eigenvalue weighted by Gasteiger charge is -2.40. The fourth-order valence-corrected chi connectivity index (χ4v) is 3.37. The van der Waals surface area contributed by atoms with E-state index < -0.39 is 0 Å². The molecule has 0 aromatic carbocycles. The van der Waals surface area contributed by atoms with Gasteiger partial charge in [0.1, 0.15) is 0 Å². The van der Waals surface area contributed by atoms with Crippen LogP contribution in [0.1, 0.15) is 46.0 Å². The second-order valence-corrected chi connectivity index (χ2v) is 5.05. The van der Waals surface area contributed by atoms with Crippen molar-refractivity contribution >= 4 is 6.03 Å². The standard InChI is InChI=1S/C13H24N2O/c1-3-14(4-2)13(16)15-10-6-8-11-7-5-9-12(11)15/h11-12H,3-10H2,1-2H3. The maximum atomic E-state index is 12.4. The van der Waals surface area contributed by atoms with Crippen LogP contribution in [-0.2, 0) is 0 Å². The normalized spacial score (nSPS) is 29.0. The Hall–Kier alpha value is -0.730. The van der Waals surface area contributed by atoms with Crippen LogP contribution in [0.25, 0.3) is 0 Å². The number of likely N-dealkylation sites (tertiary alicyclic amines) is 1. The molecular weight excluding hydrogens is 200 g/mol. The molecule has 0 N–H and O–H groups in total. The Kier molecular flexibility index (Phi) is 3.72. The van der Waals surface area contributed by atoms with Crippen LogP contribution in [0.5, 0.6) is 0 Å². The molecule has 1 heterocycles. The number of hydrogen-bond donors (Lipinski definition) is 0. The first-order valence-corrected chi connectivity index (χ1v) is 6.83. The van der Waals surface area contributed by atoms with Crippen molar-refractivity contribution in [3.05, 3.63) is 0 Å². The molecule has 2 unspecified atom stereocenters. The average molecular weight is 224 g/mol. The van der Waals surface area contributed by atoms with Gasteiger partial charge in [0.25, 0.3) is 0 Å². The molecule has 0 bridgehead atoms. The number of carbonyl (C=O) groups is 1. The van der Waals surface area contributed by atoms with Crippen molar-refractivity contribution < 1.29 is 4.79 Å². The molecule has 2 amide bonds. The summed E-state index contributed by atoms with van der Waals surface area (Å²) in [4.78, 5) is 16.5. The Morgan fingerprint density at radius 3 is 2.56 bits per heavy atom. The Morgan fingerprint density at radius 2 is 1.88 bits per heavy atom. The second-order valence-electron chi connectivity index (χ2n) is 5.05. The number of piperidine rings is 1. The molecule has 0 spiro atoms. The largest absolute Gasteiger partial charge is 0.325 e. The van der Waals surface area contributed by atoms with E-state index in [9.17, 15) is 4.79 Å². The molecule has 2 atom stereocenters. The summed E-state index contributed by atoms with van der Waals surface area (Å²) in [5, 5.41) is 0.